The molecule has 1 saturated heterocycles. The van der Waals surface area contributed by atoms with Crippen LogP contribution >= 0.6 is 11.3 Å². The monoisotopic (exact) mass is 458 g/mol. The number of rotatable bonds is 9. The Balaban J connectivity index is 1.42. The lowest BCUT2D eigenvalue weighted by molar-refractivity contribution is 0.0942. The highest BCUT2D eigenvalue weighted by molar-refractivity contribution is 7.07. The van der Waals surface area contributed by atoms with Gasteiger partial charge >= 0.3 is 0 Å². The second kappa shape index (κ2) is 11.4. The molecule has 3 heterocycles. The normalized spacial score (nSPS) is 16.8. The summed E-state index contributed by atoms with van der Waals surface area (Å²) in [7, 11) is 0. The summed E-state index contributed by atoms with van der Waals surface area (Å²) in [5.74, 6) is -0.204. The molecule has 0 radical (unpaired) electrons. The first-order chi connectivity index (χ1) is 15.4. The van der Waals surface area contributed by atoms with E-state index in [1.807, 2.05) is 6.92 Å². The van der Waals surface area contributed by atoms with Gasteiger partial charge in [-0.25, -0.2) is 4.98 Å². The van der Waals surface area contributed by atoms with Crippen LogP contribution in [0.25, 0.3) is 0 Å². The van der Waals surface area contributed by atoms with E-state index >= 15 is 0 Å². The number of hydrogen-bond acceptors (Lipinski definition) is 7. The zero-order chi connectivity index (χ0) is 23.1. The summed E-state index contributed by atoms with van der Waals surface area (Å²) in [6.07, 6.45) is 3.20. The largest absolute Gasteiger partial charge is 0.409 e. The fraction of sp³-hybridized carbons (Fsp3) is 0.522. The van der Waals surface area contributed by atoms with E-state index < -0.39 is 0 Å². The van der Waals surface area contributed by atoms with Gasteiger partial charge in [0.05, 0.1) is 11.3 Å². The number of carbonyl (C=O) groups is 1. The molecule has 1 atom stereocenters. The number of nitrogens with zero attached hydrogens (tertiary/aromatic N) is 3. The Morgan fingerprint density at radius 3 is 2.78 bits per heavy atom. The summed E-state index contributed by atoms with van der Waals surface area (Å²) in [5.41, 5.74) is 9.21. The van der Waals surface area contributed by atoms with Gasteiger partial charge in [0, 0.05) is 25.2 Å². The number of aryl methyl sites for hydroxylation is 2. The number of pyridine rings is 1. The number of amidine groups is 1. The number of thiophene rings is 1. The predicted molar refractivity (Wildman–Crippen MR) is 128 cm³/mol. The average Bonchev–Trinajstić information content (AvgIpc) is 3.30. The number of oxime groups is 1. The Morgan fingerprint density at radius 1 is 1.41 bits per heavy atom. The highest BCUT2D eigenvalue weighted by Crippen LogP contribution is 2.17. The second-order valence-electron chi connectivity index (χ2n) is 8.49. The molecule has 2 aromatic rings. The van der Waals surface area contributed by atoms with E-state index in [1.165, 1.54) is 5.56 Å². The van der Waals surface area contributed by atoms with Crippen molar-refractivity contribution in [2.75, 3.05) is 19.6 Å². The topological polar surface area (TPSA) is 116 Å². The van der Waals surface area contributed by atoms with Crippen LogP contribution in [-0.4, -0.2) is 58.6 Å². The summed E-state index contributed by atoms with van der Waals surface area (Å²) >= 11 is 1.74. The van der Waals surface area contributed by atoms with Crippen LogP contribution in [0.2, 0.25) is 0 Å². The maximum absolute atomic E-state index is 12.7. The Morgan fingerprint density at radius 2 is 2.16 bits per heavy atom. The quantitative estimate of drug-likeness (QED) is 0.199. The van der Waals surface area contributed by atoms with Crippen LogP contribution in [-0.2, 0) is 6.54 Å². The third-order valence-corrected chi connectivity index (χ3v) is 6.90. The van der Waals surface area contributed by atoms with Gasteiger partial charge in [-0.1, -0.05) is 5.16 Å². The number of carbonyl (C=O) groups excluding carboxylic acids is 1. The van der Waals surface area contributed by atoms with Gasteiger partial charge in [0.1, 0.15) is 5.69 Å². The maximum Gasteiger partial charge on any atom is 0.253 e. The van der Waals surface area contributed by atoms with E-state index in [9.17, 15) is 4.79 Å². The Labute approximate surface area is 193 Å². The smallest absolute Gasteiger partial charge is 0.253 e. The third kappa shape index (κ3) is 6.27. The molecule has 3 rings (SSSR count). The molecule has 1 aliphatic rings. The molecule has 8 nitrogen and oxygen atoms in total. The van der Waals surface area contributed by atoms with Crippen molar-refractivity contribution in [1.29, 1.82) is 0 Å². The lowest BCUT2D eigenvalue weighted by Gasteiger charge is -2.36. The first kappa shape index (κ1) is 24.2. The van der Waals surface area contributed by atoms with Crippen molar-refractivity contribution in [2.45, 2.75) is 58.7 Å². The fourth-order valence-corrected chi connectivity index (χ4v) is 4.89. The van der Waals surface area contributed by atoms with Crippen molar-refractivity contribution in [2.24, 2.45) is 10.9 Å². The van der Waals surface area contributed by atoms with Gasteiger partial charge in [-0.05, 0) is 87.1 Å². The highest BCUT2D eigenvalue weighted by atomic mass is 32.1. The zero-order valence-corrected chi connectivity index (χ0v) is 19.9. The first-order valence-corrected chi connectivity index (χ1v) is 12.1. The predicted octanol–water partition coefficient (Wildman–Crippen LogP) is 2.62. The maximum atomic E-state index is 12.7. The standard InChI is InChI=1S/C23H34N6O2S/c1-15-12-20(22(24)28-31)27-17(3)21(15)23(30)25-8-4-16(2)29-9-5-19(6-10-29)26-13-18-7-11-32-14-18/h7,11-12,14,16,19,26,31H,4-6,8-10,13H2,1-3H3,(H2,24,28)(H,25,30). The van der Waals surface area contributed by atoms with Crippen molar-refractivity contribution >= 4 is 23.1 Å². The van der Waals surface area contributed by atoms with Gasteiger partial charge in [0.15, 0.2) is 5.84 Å². The number of piperidine rings is 1. The second-order valence-corrected chi connectivity index (χ2v) is 9.27. The van der Waals surface area contributed by atoms with Crippen molar-refractivity contribution in [3.05, 3.63) is 51.0 Å². The zero-order valence-electron chi connectivity index (χ0n) is 19.1. The average molecular weight is 459 g/mol. The lowest BCUT2D eigenvalue weighted by Crippen LogP contribution is -2.46. The molecule has 9 heteroatoms. The van der Waals surface area contributed by atoms with Crippen LogP contribution < -0.4 is 16.4 Å². The van der Waals surface area contributed by atoms with E-state index in [0.29, 0.717) is 35.6 Å². The molecule has 0 bridgehead atoms. The van der Waals surface area contributed by atoms with Crippen LogP contribution in [0, 0.1) is 13.8 Å². The number of aromatic nitrogens is 1. The summed E-state index contributed by atoms with van der Waals surface area (Å²) in [6.45, 7) is 9.53. The number of nitrogens with one attached hydrogen (secondary N) is 2. The van der Waals surface area contributed by atoms with Gasteiger partial charge in [0.25, 0.3) is 5.91 Å². The molecule has 32 heavy (non-hydrogen) atoms. The minimum absolute atomic E-state index is 0.0672. The first-order valence-electron chi connectivity index (χ1n) is 11.1. The summed E-state index contributed by atoms with van der Waals surface area (Å²) in [5, 5.41) is 22.8. The van der Waals surface area contributed by atoms with Gasteiger partial charge < -0.3 is 26.5 Å². The van der Waals surface area contributed by atoms with Crippen molar-refractivity contribution in [3.63, 3.8) is 0 Å². The Hall–Kier alpha value is -2.49. The van der Waals surface area contributed by atoms with Crippen LogP contribution in [0.5, 0.6) is 0 Å². The number of hydrogen-bond donors (Lipinski definition) is 4. The van der Waals surface area contributed by atoms with Crippen LogP contribution in [0.1, 0.15) is 59.1 Å². The summed E-state index contributed by atoms with van der Waals surface area (Å²) in [6, 6.07) is 4.83. The molecule has 1 unspecified atom stereocenters. The fourth-order valence-electron chi connectivity index (χ4n) is 4.22. The molecule has 0 saturated carbocycles. The van der Waals surface area contributed by atoms with E-state index in [2.05, 4.69) is 49.4 Å². The lowest BCUT2D eigenvalue weighted by atomic mass is 10.0. The molecule has 0 aromatic carbocycles. The van der Waals surface area contributed by atoms with Gasteiger partial charge in [-0.15, -0.1) is 0 Å². The van der Waals surface area contributed by atoms with Crippen molar-refractivity contribution in [1.82, 2.24) is 20.5 Å². The summed E-state index contributed by atoms with van der Waals surface area (Å²) < 4.78 is 0. The number of likely N-dealkylation sites (tertiary alicyclic amines) is 1. The highest BCUT2D eigenvalue weighted by Gasteiger charge is 2.23. The molecule has 174 valence electrons. The minimum atomic E-state index is -0.137. The molecule has 1 fully saturated rings. The SMILES string of the molecule is Cc1cc(C(N)=NO)nc(C)c1C(=O)NCCC(C)N1CCC(NCc2ccsc2)CC1. The number of nitrogens with two attached hydrogens (primary N) is 1. The number of amides is 1. The van der Waals surface area contributed by atoms with Gasteiger partial charge in [0.2, 0.25) is 0 Å². The van der Waals surface area contributed by atoms with Gasteiger partial charge in [-0.2, -0.15) is 11.3 Å². The van der Waals surface area contributed by atoms with Gasteiger partial charge in [-0.3, -0.25) is 4.79 Å². The molecule has 2 aromatic heterocycles. The van der Waals surface area contributed by atoms with E-state index in [-0.39, 0.29) is 11.7 Å². The molecule has 1 aliphatic heterocycles. The van der Waals surface area contributed by atoms with Crippen molar-refractivity contribution in [3.8, 4) is 0 Å². The third-order valence-electron chi connectivity index (χ3n) is 6.17. The molecule has 0 spiro atoms. The molecular formula is C23H34N6O2S. The molecular weight excluding hydrogens is 424 g/mol. The van der Waals surface area contributed by atoms with Crippen molar-refractivity contribution < 1.29 is 10.0 Å². The van der Waals surface area contributed by atoms with E-state index in [1.54, 1.807) is 24.3 Å². The van der Waals surface area contributed by atoms with Crippen LogP contribution in [0.4, 0.5) is 0 Å². The van der Waals surface area contributed by atoms with E-state index in [0.717, 1.165) is 44.5 Å². The summed E-state index contributed by atoms with van der Waals surface area (Å²) in [4.78, 5) is 19.5. The Bertz CT molecular complexity index is 900. The molecule has 0 aliphatic carbocycles. The van der Waals surface area contributed by atoms with Crippen LogP contribution in [0.15, 0.2) is 28.0 Å². The molecule has 5 N–H and O–H groups in total. The van der Waals surface area contributed by atoms with E-state index in [4.69, 9.17) is 10.9 Å². The molecule has 1 amide bonds. The van der Waals surface area contributed by atoms with Crippen LogP contribution in [0.3, 0.4) is 0 Å². The Kier molecular flexibility index (Phi) is 8.60. The minimum Gasteiger partial charge on any atom is -0.409 e.